The molecule has 1 heterocycles. The van der Waals surface area contributed by atoms with Gasteiger partial charge in [0.05, 0.1) is 10.6 Å². The molecule has 0 saturated carbocycles. The molecule has 0 bridgehead atoms. The summed E-state index contributed by atoms with van der Waals surface area (Å²) in [6, 6.07) is 12.8. The van der Waals surface area contributed by atoms with E-state index >= 15 is 0 Å². The molecule has 30 heavy (non-hydrogen) atoms. The van der Waals surface area contributed by atoms with Crippen molar-refractivity contribution in [1.82, 2.24) is 4.98 Å². The number of sulfonamides is 1. The molecule has 0 unspecified atom stereocenters. The standard InChI is InChI=1S/C20H20N4O4S2/c1-13-2-9-17(10-3-13)30(27,28)24-20-23-16(12-29-20)8-11-18(25)22-15-6-4-14(5-7-15)19(21)26/h2-7,9-10,12H,8,11H2,1H3,(H2,21,26)(H,22,25)(H,23,24). The third kappa shape index (κ3) is 5.65. The van der Waals surface area contributed by atoms with Crippen molar-refractivity contribution in [3.8, 4) is 0 Å². The van der Waals surface area contributed by atoms with Gasteiger partial charge in [-0.2, -0.15) is 0 Å². The molecule has 0 atom stereocenters. The van der Waals surface area contributed by atoms with Gasteiger partial charge in [-0.15, -0.1) is 11.3 Å². The molecular weight excluding hydrogens is 424 g/mol. The van der Waals surface area contributed by atoms with Gasteiger partial charge in [0.2, 0.25) is 11.8 Å². The van der Waals surface area contributed by atoms with Crippen molar-refractivity contribution in [3.05, 3.63) is 70.7 Å². The monoisotopic (exact) mass is 444 g/mol. The van der Waals surface area contributed by atoms with Crippen LogP contribution in [0.3, 0.4) is 0 Å². The Morgan fingerprint density at radius 1 is 1.07 bits per heavy atom. The van der Waals surface area contributed by atoms with Crippen molar-refractivity contribution in [1.29, 1.82) is 0 Å². The number of nitrogens with two attached hydrogens (primary N) is 1. The molecule has 0 fully saturated rings. The van der Waals surface area contributed by atoms with Gasteiger partial charge in [-0.05, 0) is 49.7 Å². The Balaban J connectivity index is 1.54. The first-order chi connectivity index (χ1) is 14.2. The molecule has 3 aromatic rings. The van der Waals surface area contributed by atoms with Gasteiger partial charge in [-0.3, -0.25) is 14.3 Å². The molecule has 3 rings (SSSR count). The van der Waals surface area contributed by atoms with Crippen LogP contribution >= 0.6 is 11.3 Å². The van der Waals surface area contributed by atoms with Gasteiger partial charge >= 0.3 is 0 Å². The van der Waals surface area contributed by atoms with Gasteiger partial charge in [0.25, 0.3) is 10.0 Å². The minimum atomic E-state index is -3.71. The molecule has 2 aromatic carbocycles. The fraction of sp³-hybridized carbons (Fsp3) is 0.150. The van der Waals surface area contributed by atoms with E-state index < -0.39 is 15.9 Å². The van der Waals surface area contributed by atoms with Gasteiger partial charge in [-0.1, -0.05) is 17.7 Å². The van der Waals surface area contributed by atoms with Gasteiger partial charge in [0, 0.05) is 23.1 Å². The zero-order valence-corrected chi connectivity index (χ0v) is 17.7. The van der Waals surface area contributed by atoms with Gasteiger partial charge < -0.3 is 11.1 Å². The Hall–Kier alpha value is -3.24. The Labute approximate surface area is 178 Å². The lowest BCUT2D eigenvalue weighted by Gasteiger charge is -2.06. The average Bonchev–Trinajstić information content (AvgIpc) is 3.14. The van der Waals surface area contributed by atoms with Crippen LogP contribution in [0.5, 0.6) is 0 Å². The van der Waals surface area contributed by atoms with Gasteiger partial charge in [0.15, 0.2) is 5.13 Å². The van der Waals surface area contributed by atoms with Crippen LogP contribution in [0.2, 0.25) is 0 Å². The summed E-state index contributed by atoms with van der Waals surface area (Å²) in [7, 11) is -3.71. The minimum Gasteiger partial charge on any atom is -0.366 e. The topological polar surface area (TPSA) is 131 Å². The highest BCUT2D eigenvalue weighted by atomic mass is 32.2. The summed E-state index contributed by atoms with van der Waals surface area (Å²) in [5, 5.41) is 4.68. The number of hydrogen-bond donors (Lipinski definition) is 3. The lowest BCUT2D eigenvalue weighted by molar-refractivity contribution is -0.116. The highest BCUT2D eigenvalue weighted by Crippen LogP contribution is 2.21. The molecule has 8 nitrogen and oxygen atoms in total. The highest BCUT2D eigenvalue weighted by Gasteiger charge is 2.16. The number of thiazole rings is 1. The van der Waals surface area contributed by atoms with E-state index in [4.69, 9.17) is 5.73 Å². The summed E-state index contributed by atoms with van der Waals surface area (Å²) >= 11 is 1.16. The normalized spacial score (nSPS) is 11.1. The van der Waals surface area contributed by atoms with Crippen molar-refractivity contribution < 1.29 is 18.0 Å². The molecule has 156 valence electrons. The van der Waals surface area contributed by atoms with Crippen LogP contribution in [-0.2, 0) is 21.2 Å². The number of carbonyl (C=O) groups is 2. The first-order valence-electron chi connectivity index (χ1n) is 8.96. The Morgan fingerprint density at radius 2 is 1.73 bits per heavy atom. The number of rotatable bonds is 8. The highest BCUT2D eigenvalue weighted by molar-refractivity contribution is 7.93. The summed E-state index contributed by atoms with van der Waals surface area (Å²) in [4.78, 5) is 27.6. The van der Waals surface area contributed by atoms with Crippen LogP contribution in [0.25, 0.3) is 0 Å². The van der Waals surface area contributed by atoms with Crippen molar-refractivity contribution in [2.75, 3.05) is 10.0 Å². The third-order valence-corrected chi connectivity index (χ3v) is 6.46. The van der Waals surface area contributed by atoms with Gasteiger partial charge in [0.1, 0.15) is 0 Å². The smallest absolute Gasteiger partial charge is 0.263 e. The van der Waals surface area contributed by atoms with E-state index in [1.165, 1.54) is 24.3 Å². The molecule has 0 saturated heterocycles. The van der Waals surface area contributed by atoms with Crippen LogP contribution in [0.15, 0.2) is 58.8 Å². The predicted molar refractivity (Wildman–Crippen MR) is 116 cm³/mol. The molecule has 10 heteroatoms. The molecule has 0 radical (unpaired) electrons. The van der Waals surface area contributed by atoms with E-state index in [2.05, 4.69) is 15.0 Å². The SMILES string of the molecule is Cc1ccc(S(=O)(=O)Nc2nc(CCC(=O)Nc3ccc(C(N)=O)cc3)cs2)cc1. The predicted octanol–water partition coefficient (Wildman–Crippen LogP) is 2.92. The summed E-state index contributed by atoms with van der Waals surface area (Å²) in [5.41, 5.74) is 7.67. The van der Waals surface area contributed by atoms with Crippen LogP contribution < -0.4 is 15.8 Å². The maximum absolute atomic E-state index is 12.4. The second kappa shape index (κ2) is 9.06. The zero-order chi connectivity index (χ0) is 21.7. The second-order valence-electron chi connectivity index (χ2n) is 6.55. The molecule has 1 aromatic heterocycles. The first-order valence-corrected chi connectivity index (χ1v) is 11.3. The number of nitrogens with one attached hydrogen (secondary N) is 2. The minimum absolute atomic E-state index is 0.159. The third-order valence-electron chi connectivity index (χ3n) is 4.17. The lowest BCUT2D eigenvalue weighted by Crippen LogP contribution is -2.14. The largest absolute Gasteiger partial charge is 0.366 e. The quantitative estimate of drug-likeness (QED) is 0.492. The summed E-state index contributed by atoms with van der Waals surface area (Å²) in [5.74, 6) is -0.762. The molecule has 0 aliphatic carbocycles. The maximum Gasteiger partial charge on any atom is 0.263 e. The number of anilines is 2. The fourth-order valence-corrected chi connectivity index (χ4v) is 4.54. The number of nitrogens with zero attached hydrogens (tertiary/aromatic N) is 1. The number of amides is 2. The summed E-state index contributed by atoms with van der Waals surface area (Å²) in [6.45, 7) is 1.88. The van der Waals surface area contributed by atoms with Crippen molar-refractivity contribution in [3.63, 3.8) is 0 Å². The van der Waals surface area contributed by atoms with E-state index in [1.807, 2.05) is 6.92 Å². The van der Waals surface area contributed by atoms with Crippen molar-refractivity contribution in [2.24, 2.45) is 5.73 Å². The molecule has 0 aliphatic heterocycles. The lowest BCUT2D eigenvalue weighted by atomic mass is 10.2. The van der Waals surface area contributed by atoms with E-state index in [9.17, 15) is 18.0 Å². The number of benzene rings is 2. The van der Waals surface area contributed by atoms with Crippen LogP contribution in [0, 0.1) is 6.92 Å². The Kier molecular flexibility index (Phi) is 6.48. The van der Waals surface area contributed by atoms with E-state index in [-0.39, 0.29) is 22.4 Å². The molecule has 0 spiro atoms. The van der Waals surface area contributed by atoms with E-state index in [1.54, 1.807) is 29.6 Å². The fourth-order valence-electron chi connectivity index (χ4n) is 2.54. The maximum atomic E-state index is 12.4. The number of primary amides is 1. The number of aryl methyl sites for hydroxylation is 2. The van der Waals surface area contributed by atoms with E-state index in [0.29, 0.717) is 23.4 Å². The van der Waals surface area contributed by atoms with Crippen molar-refractivity contribution in [2.45, 2.75) is 24.7 Å². The molecule has 2 amide bonds. The number of aromatic nitrogens is 1. The van der Waals surface area contributed by atoms with Crippen molar-refractivity contribution >= 4 is 44.0 Å². The summed E-state index contributed by atoms with van der Waals surface area (Å²) < 4.78 is 27.3. The molecular formula is C20H20N4O4S2. The number of hydrogen-bond acceptors (Lipinski definition) is 6. The first kappa shape index (κ1) is 21.5. The second-order valence-corrected chi connectivity index (χ2v) is 9.09. The summed E-state index contributed by atoms with van der Waals surface area (Å²) in [6.07, 6.45) is 0.527. The Morgan fingerprint density at radius 3 is 2.37 bits per heavy atom. The van der Waals surface area contributed by atoms with Crippen LogP contribution in [-0.4, -0.2) is 25.2 Å². The Bertz CT molecular complexity index is 1150. The zero-order valence-electron chi connectivity index (χ0n) is 16.1. The molecule has 4 N–H and O–H groups in total. The molecule has 0 aliphatic rings. The number of carbonyl (C=O) groups excluding carboxylic acids is 2. The van der Waals surface area contributed by atoms with E-state index in [0.717, 1.165) is 16.9 Å². The average molecular weight is 445 g/mol. The van der Waals surface area contributed by atoms with Crippen LogP contribution in [0.4, 0.5) is 10.8 Å². The van der Waals surface area contributed by atoms with Crippen LogP contribution in [0.1, 0.15) is 28.0 Å². The van der Waals surface area contributed by atoms with Gasteiger partial charge in [-0.25, -0.2) is 13.4 Å².